The van der Waals surface area contributed by atoms with E-state index in [-0.39, 0.29) is 24.8 Å². The lowest BCUT2D eigenvalue weighted by Gasteiger charge is -2.13. The maximum atomic E-state index is 12.6. The molecule has 0 aromatic heterocycles. The molecular formula is C16H25Cl2N3O2S. The van der Waals surface area contributed by atoms with Gasteiger partial charge in [0.2, 0.25) is 10.0 Å². The molecule has 24 heavy (non-hydrogen) atoms. The highest BCUT2D eigenvalue weighted by atomic mass is 35.5. The van der Waals surface area contributed by atoms with Gasteiger partial charge in [0.05, 0.1) is 25.5 Å². The second-order valence-electron chi connectivity index (χ2n) is 5.62. The monoisotopic (exact) mass is 393 g/mol. The zero-order valence-corrected chi connectivity index (χ0v) is 16.3. The van der Waals surface area contributed by atoms with Gasteiger partial charge in [-0.1, -0.05) is 18.2 Å². The fourth-order valence-corrected chi connectivity index (χ4v) is 3.83. The number of fused-ring (bicyclic) bond motifs is 1. The van der Waals surface area contributed by atoms with Crippen LogP contribution >= 0.6 is 0 Å². The molecule has 0 atom stereocenters. The predicted molar refractivity (Wildman–Crippen MR) is 88.6 cm³/mol. The Morgan fingerprint density at radius 1 is 1.00 bits per heavy atom. The molecule has 0 aliphatic rings. The van der Waals surface area contributed by atoms with Crippen LogP contribution in [0.4, 0.5) is 5.69 Å². The van der Waals surface area contributed by atoms with E-state index in [0.29, 0.717) is 11.4 Å². The summed E-state index contributed by atoms with van der Waals surface area (Å²) in [4.78, 5) is 1.52. The van der Waals surface area contributed by atoms with Crippen LogP contribution in [0.5, 0.6) is 0 Å². The minimum Gasteiger partial charge on any atom is -1.00 e. The first kappa shape index (κ1) is 23.1. The number of hydrogen-bond acceptors (Lipinski definition) is 2. The van der Waals surface area contributed by atoms with Crippen LogP contribution in [0.2, 0.25) is 0 Å². The Bertz CT molecular complexity index is 752. The third-order valence-corrected chi connectivity index (χ3v) is 5.20. The van der Waals surface area contributed by atoms with Crippen LogP contribution in [0, 0.1) is 0 Å². The summed E-state index contributed by atoms with van der Waals surface area (Å²) >= 11 is 0. The molecule has 0 fully saturated rings. The SMILES string of the molecule is C[NH+](C)c1cccc2c(S(=O)(=O)NCCCC[NH3+])cccc12.[Cl-].[Cl-]. The van der Waals surface area contributed by atoms with Gasteiger partial charge in [-0.05, 0) is 31.0 Å². The van der Waals surface area contributed by atoms with E-state index in [2.05, 4.69) is 10.5 Å². The van der Waals surface area contributed by atoms with Crippen molar-refractivity contribution in [3.8, 4) is 0 Å². The van der Waals surface area contributed by atoms with Crippen LogP contribution in [0.25, 0.3) is 10.8 Å². The average molecular weight is 394 g/mol. The number of unbranched alkanes of at least 4 members (excludes halogenated alkanes) is 1. The van der Waals surface area contributed by atoms with Crippen molar-refractivity contribution in [1.29, 1.82) is 0 Å². The van der Waals surface area contributed by atoms with Crippen LogP contribution in [-0.2, 0) is 10.0 Å². The van der Waals surface area contributed by atoms with Gasteiger partial charge in [0.25, 0.3) is 0 Å². The third-order valence-electron chi connectivity index (χ3n) is 3.68. The maximum absolute atomic E-state index is 12.6. The number of halogens is 2. The fourth-order valence-electron chi connectivity index (χ4n) is 2.54. The lowest BCUT2D eigenvalue weighted by molar-refractivity contribution is -0.785. The molecule has 8 heteroatoms. The normalized spacial score (nSPS) is 11.2. The Morgan fingerprint density at radius 2 is 1.62 bits per heavy atom. The molecule has 0 amide bonds. The Kier molecular flexibility index (Phi) is 9.80. The molecule has 5 N–H and O–H groups in total. The van der Waals surface area contributed by atoms with Crippen molar-refractivity contribution >= 4 is 26.5 Å². The first-order chi connectivity index (χ1) is 10.5. The van der Waals surface area contributed by atoms with Gasteiger partial charge in [-0.25, -0.2) is 13.1 Å². The van der Waals surface area contributed by atoms with E-state index >= 15 is 0 Å². The zero-order valence-electron chi connectivity index (χ0n) is 14.0. The summed E-state index contributed by atoms with van der Waals surface area (Å²) in [6.07, 6.45) is 1.73. The molecule has 0 aliphatic heterocycles. The molecule has 2 rings (SSSR count). The van der Waals surface area contributed by atoms with E-state index in [9.17, 15) is 8.42 Å². The van der Waals surface area contributed by atoms with Crippen LogP contribution in [0.15, 0.2) is 41.3 Å². The minimum atomic E-state index is -3.49. The van der Waals surface area contributed by atoms with Gasteiger partial charge in [0.1, 0.15) is 5.69 Å². The van der Waals surface area contributed by atoms with E-state index in [1.165, 1.54) is 4.90 Å². The van der Waals surface area contributed by atoms with Crippen LogP contribution in [-0.4, -0.2) is 35.6 Å². The highest BCUT2D eigenvalue weighted by Gasteiger charge is 2.18. The minimum absolute atomic E-state index is 0. The van der Waals surface area contributed by atoms with Crippen molar-refractivity contribution in [2.75, 3.05) is 27.2 Å². The third kappa shape index (κ3) is 5.31. The quantitative estimate of drug-likeness (QED) is 0.409. The largest absolute Gasteiger partial charge is 1.00 e. The van der Waals surface area contributed by atoms with E-state index in [1.807, 2.05) is 38.4 Å². The Labute approximate surface area is 156 Å². The molecule has 136 valence electrons. The molecule has 0 saturated carbocycles. The van der Waals surface area contributed by atoms with Gasteiger partial charge in [0.15, 0.2) is 0 Å². The number of nitrogens with one attached hydrogen (secondary N) is 2. The van der Waals surface area contributed by atoms with Crippen LogP contribution in [0.3, 0.4) is 0 Å². The van der Waals surface area contributed by atoms with E-state index in [1.54, 1.807) is 12.1 Å². The highest BCUT2D eigenvalue weighted by molar-refractivity contribution is 7.89. The van der Waals surface area contributed by atoms with E-state index < -0.39 is 10.0 Å². The lowest BCUT2D eigenvalue weighted by Crippen LogP contribution is -3.00. The summed E-state index contributed by atoms with van der Waals surface area (Å²) in [5.74, 6) is 0. The molecule has 2 aromatic rings. The summed E-state index contributed by atoms with van der Waals surface area (Å²) in [6, 6.07) is 11.2. The van der Waals surface area contributed by atoms with Crippen molar-refractivity contribution in [3.63, 3.8) is 0 Å². The first-order valence-corrected chi connectivity index (χ1v) is 9.07. The number of rotatable bonds is 7. The Hall–Kier alpha value is -0.890. The second kappa shape index (κ2) is 10.2. The first-order valence-electron chi connectivity index (χ1n) is 7.58. The van der Waals surface area contributed by atoms with Crippen molar-refractivity contribution < 1.29 is 43.9 Å². The molecule has 5 nitrogen and oxygen atoms in total. The van der Waals surface area contributed by atoms with Gasteiger partial charge in [-0.2, -0.15) is 0 Å². The molecule has 0 bridgehead atoms. The van der Waals surface area contributed by atoms with Crippen LogP contribution in [0.1, 0.15) is 12.8 Å². The summed E-state index contributed by atoms with van der Waals surface area (Å²) in [6.45, 7) is 1.28. The molecule has 0 spiro atoms. The molecule has 2 aromatic carbocycles. The highest BCUT2D eigenvalue weighted by Crippen LogP contribution is 2.26. The summed E-state index contributed by atoms with van der Waals surface area (Å²) in [5, 5.41) is 1.74. The number of quaternary nitrogens is 2. The topological polar surface area (TPSA) is 78.2 Å². The van der Waals surface area contributed by atoms with Gasteiger partial charge < -0.3 is 35.4 Å². The molecule has 0 radical (unpaired) electrons. The molecule has 0 aliphatic carbocycles. The summed E-state index contributed by atoms with van der Waals surface area (Å²) < 4.78 is 27.8. The molecule has 0 heterocycles. The van der Waals surface area contributed by atoms with Gasteiger partial charge in [0, 0.05) is 17.3 Å². The molecule has 0 saturated heterocycles. The number of benzene rings is 2. The van der Waals surface area contributed by atoms with Crippen molar-refractivity contribution in [2.45, 2.75) is 17.7 Å². The fraction of sp³-hybridized carbons (Fsp3) is 0.375. The summed E-state index contributed by atoms with van der Waals surface area (Å²) in [7, 11) is 0.580. The Morgan fingerprint density at radius 3 is 2.25 bits per heavy atom. The van der Waals surface area contributed by atoms with Gasteiger partial charge >= 0.3 is 0 Å². The smallest absolute Gasteiger partial charge is 0.241 e. The number of hydrogen-bond donors (Lipinski definition) is 3. The maximum Gasteiger partial charge on any atom is 0.241 e. The lowest BCUT2D eigenvalue weighted by atomic mass is 10.1. The number of sulfonamides is 1. The van der Waals surface area contributed by atoms with E-state index in [0.717, 1.165) is 35.8 Å². The van der Waals surface area contributed by atoms with Crippen molar-refractivity contribution in [1.82, 2.24) is 4.72 Å². The van der Waals surface area contributed by atoms with Crippen molar-refractivity contribution in [2.24, 2.45) is 0 Å². The second-order valence-corrected chi connectivity index (χ2v) is 7.35. The molecular weight excluding hydrogens is 369 g/mol. The Balaban J connectivity index is 0.00000264. The summed E-state index contributed by atoms with van der Waals surface area (Å²) in [5.41, 5.74) is 4.85. The molecule has 0 unspecified atom stereocenters. The van der Waals surface area contributed by atoms with Gasteiger partial charge in [-0.15, -0.1) is 0 Å². The average Bonchev–Trinajstić information content (AvgIpc) is 2.50. The van der Waals surface area contributed by atoms with E-state index in [4.69, 9.17) is 0 Å². The predicted octanol–water partition coefficient (Wildman–Crippen LogP) is -6.08. The van der Waals surface area contributed by atoms with Crippen LogP contribution < -0.4 is 40.2 Å². The standard InChI is InChI=1S/C16H23N3O2S.2ClH/c1-19(2)15-9-5-8-14-13(15)7-6-10-16(14)22(20,21)18-12-4-3-11-17;;/h5-10,18H,3-4,11-12,17H2,1-2H3;2*1H. The van der Waals surface area contributed by atoms with Crippen molar-refractivity contribution in [3.05, 3.63) is 36.4 Å². The van der Waals surface area contributed by atoms with Gasteiger partial charge in [-0.3, -0.25) is 0 Å². The zero-order chi connectivity index (χ0) is 16.2.